The number of carbonyl (C=O) groups is 1. The highest BCUT2D eigenvalue weighted by Gasteiger charge is 2.14. The van der Waals surface area contributed by atoms with Crippen molar-refractivity contribution in [2.24, 2.45) is 0 Å². The van der Waals surface area contributed by atoms with Gasteiger partial charge in [0, 0.05) is 17.3 Å². The third-order valence-electron chi connectivity index (χ3n) is 4.21. The molecule has 1 heterocycles. The van der Waals surface area contributed by atoms with E-state index >= 15 is 0 Å². The summed E-state index contributed by atoms with van der Waals surface area (Å²) >= 11 is 5.83. The van der Waals surface area contributed by atoms with Gasteiger partial charge in [-0.25, -0.2) is 4.79 Å². The van der Waals surface area contributed by atoms with E-state index in [1.165, 1.54) is 18.4 Å². The molecule has 0 aliphatic carbocycles. The normalized spacial score (nSPS) is 17.3. The van der Waals surface area contributed by atoms with Gasteiger partial charge in [0.05, 0.1) is 0 Å². The van der Waals surface area contributed by atoms with E-state index in [-0.39, 0.29) is 6.61 Å². The number of anilines is 1. The number of carbonyl (C=O) groups excluding carboxylic acids is 1. The van der Waals surface area contributed by atoms with Crippen LogP contribution in [-0.4, -0.2) is 19.2 Å². The Hall–Kier alpha value is -2.04. The second-order valence-corrected chi connectivity index (χ2v) is 6.43. The van der Waals surface area contributed by atoms with Crippen LogP contribution in [0.4, 0.5) is 10.5 Å². The molecule has 1 atom stereocenters. The third-order valence-corrected chi connectivity index (χ3v) is 4.46. The van der Waals surface area contributed by atoms with E-state index in [1.807, 2.05) is 24.3 Å². The largest absolute Gasteiger partial charge is 0.444 e. The molecule has 2 aromatic carbocycles. The fraction of sp³-hybridized carbons (Fsp3) is 0.316. The van der Waals surface area contributed by atoms with Gasteiger partial charge in [-0.15, -0.1) is 0 Å². The molecular formula is C19H21ClN2O2. The standard InChI is InChI=1S/C19H21ClN2O2/c20-17-7-3-14(4-8-17)13-24-19(23)22-18-9-5-15(6-10-18)16-2-1-11-21-12-16/h3-10,16,21H,1-2,11-13H2,(H,22,23). The zero-order valence-electron chi connectivity index (χ0n) is 13.4. The molecule has 1 aliphatic rings. The van der Waals surface area contributed by atoms with Crippen LogP contribution in [0.1, 0.15) is 29.9 Å². The van der Waals surface area contributed by atoms with Crippen LogP contribution in [0.25, 0.3) is 0 Å². The van der Waals surface area contributed by atoms with E-state index in [9.17, 15) is 4.79 Å². The maximum absolute atomic E-state index is 11.9. The first-order valence-electron chi connectivity index (χ1n) is 8.19. The summed E-state index contributed by atoms with van der Waals surface area (Å²) in [5.74, 6) is 0.560. The van der Waals surface area contributed by atoms with Gasteiger partial charge in [-0.2, -0.15) is 0 Å². The summed E-state index contributed by atoms with van der Waals surface area (Å²) in [5, 5.41) is 6.83. The van der Waals surface area contributed by atoms with Crippen LogP contribution in [0.15, 0.2) is 48.5 Å². The number of halogens is 1. The van der Waals surface area contributed by atoms with Gasteiger partial charge in [0.15, 0.2) is 0 Å². The summed E-state index contributed by atoms with van der Waals surface area (Å²) in [5.41, 5.74) is 2.95. The van der Waals surface area contributed by atoms with Gasteiger partial charge in [-0.3, -0.25) is 5.32 Å². The van der Waals surface area contributed by atoms with Gasteiger partial charge in [0.2, 0.25) is 0 Å². The summed E-state index contributed by atoms with van der Waals surface area (Å²) in [6.07, 6.45) is 1.96. The number of rotatable bonds is 4. The predicted molar refractivity (Wildman–Crippen MR) is 96.5 cm³/mol. The van der Waals surface area contributed by atoms with Gasteiger partial charge < -0.3 is 10.1 Å². The molecule has 3 rings (SSSR count). The summed E-state index contributed by atoms with van der Waals surface area (Å²) in [4.78, 5) is 11.9. The van der Waals surface area contributed by atoms with Gasteiger partial charge in [0.1, 0.15) is 6.61 Å². The van der Waals surface area contributed by atoms with Crippen LogP contribution in [0, 0.1) is 0 Å². The zero-order valence-corrected chi connectivity index (χ0v) is 14.2. The molecule has 1 amide bonds. The number of hydrogen-bond donors (Lipinski definition) is 2. The Balaban J connectivity index is 1.49. The van der Waals surface area contributed by atoms with E-state index in [2.05, 4.69) is 22.8 Å². The van der Waals surface area contributed by atoms with E-state index in [1.54, 1.807) is 12.1 Å². The van der Waals surface area contributed by atoms with Crippen LogP contribution < -0.4 is 10.6 Å². The quantitative estimate of drug-likeness (QED) is 0.855. The van der Waals surface area contributed by atoms with Gasteiger partial charge >= 0.3 is 6.09 Å². The summed E-state index contributed by atoms with van der Waals surface area (Å²) in [7, 11) is 0. The van der Waals surface area contributed by atoms with Crippen molar-refractivity contribution >= 4 is 23.4 Å². The first-order valence-corrected chi connectivity index (χ1v) is 8.57. The highest BCUT2D eigenvalue weighted by Crippen LogP contribution is 2.24. The third kappa shape index (κ3) is 4.73. The molecule has 5 heteroatoms. The Labute approximate surface area is 147 Å². The van der Waals surface area contributed by atoms with Crippen molar-refractivity contribution < 1.29 is 9.53 Å². The molecule has 4 nitrogen and oxygen atoms in total. The first-order chi connectivity index (χ1) is 11.7. The molecule has 0 aromatic heterocycles. The molecule has 1 fully saturated rings. The average Bonchev–Trinajstić information content (AvgIpc) is 2.63. The number of nitrogens with one attached hydrogen (secondary N) is 2. The van der Waals surface area contributed by atoms with Gasteiger partial charge in [-0.1, -0.05) is 35.9 Å². The lowest BCUT2D eigenvalue weighted by Gasteiger charge is -2.23. The van der Waals surface area contributed by atoms with Crippen molar-refractivity contribution in [3.63, 3.8) is 0 Å². The lowest BCUT2D eigenvalue weighted by Crippen LogP contribution is -2.28. The summed E-state index contributed by atoms with van der Waals surface area (Å²) in [6, 6.07) is 15.2. The predicted octanol–water partition coefficient (Wildman–Crippen LogP) is 4.56. The highest BCUT2D eigenvalue weighted by atomic mass is 35.5. The van der Waals surface area contributed by atoms with E-state index in [0.717, 1.165) is 24.3 Å². The second-order valence-electron chi connectivity index (χ2n) is 5.99. The summed E-state index contributed by atoms with van der Waals surface area (Å²) in [6.45, 7) is 2.35. The Bertz CT molecular complexity index is 665. The molecular weight excluding hydrogens is 324 g/mol. The van der Waals surface area contributed by atoms with Crippen molar-refractivity contribution in [3.05, 3.63) is 64.7 Å². The minimum atomic E-state index is -0.461. The molecule has 1 unspecified atom stereocenters. The molecule has 24 heavy (non-hydrogen) atoms. The fourth-order valence-electron chi connectivity index (χ4n) is 2.86. The van der Waals surface area contributed by atoms with E-state index < -0.39 is 6.09 Å². The van der Waals surface area contributed by atoms with Crippen LogP contribution in [0.5, 0.6) is 0 Å². The van der Waals surface area contributed by atoms with Crippen molar-refractivity contribution in [1.82, 2.24) is 5.32 Å². The SMILES string of the molecule is O=C(Nc1ccc(C2CCCNC2)cc1)OCc1ccc(Cl)cc1. The molecule has 1 saturated heterocycles. The maximum atomic E-state index is 11.9. The Morgan fingerprint density at radius 2 is 1.92 bits per heavy atom. The molecule has 2 aromatic rings. The first kappa shape index (κ1) is 16.8. The van der Waals surface area contributed by atoms with Crippen molar-refractivity contribution in [3.8, 4) is 0 Å². The van der Waals surface area contributed by atoms with Crippen LogP contribution in [0.2, 0.25) is 5.02 Å². The number of amides is 1. The van der Waals surface area contributed by atoms with Gasteiger partial charge in [-0.05, 0) is 60.7 Å². The van der Waals surface area contributed by atoms with Gasteiger partial charge in [0.25, 0.3) is 0 Å². The van der Waals surface area contributed by atoms with Crippen molar-refractivity contribution in [2.45, 2.75) is 25.4 Å². The Kier molecular flexibility index (Phi) is 5.72. The minimum absolute atomic E-state index is 0.217. The monoisotopic (exact) mass is 344 g/mol. The Morgan fingerprint density at radius 1 is 1.17 bits per heavy atom. The molecule has 0 radical (unpaired) electrons. The highest BCUT2D eigenvalue weighted by molar-refractivity contribution is 6.30. The second kappa shape index (κ2) is 8.18. The number of piperidine rings is 1. The fourth-order valence-corrected chi connectivity index (χ4v) is 2.98. The van der Waals surface area contributed by atoms with Crippen LogP contribution >= 0.6 is 11.6 Å². The molecule has 0 bridgehead atoms. The van der Waals surface area contributed by atoms with Crippen LogP contribution in [0.3, 0.4) is 0 Å². The van der Waals surface area contributed by atoms with Crippen molar-refractivity contribution in [2.75, 3.05) is 18.4 Å². The smallest absolute Gasteiger partial charge is 0.411 e. The average molecular weight is 345 g/mol. The summed E-state index contributed by atoms with van der Waals surface area (Å²) < 4.78 is 5.22. The van der Waals surface area contributed by atoms with Crippen molar-refractivity contribution in [1.29, 1.82) is 0 Å². The number of benzene rings is 2. The number of hydrogen-bond acceptors (Lipinski definition) is 3. The topological polar surface area (TPSA) is 50.4 Å². The van der Waals surface area contributed by atoms with E-state index in [4.69, 9.17) is 16.3 Å². The lowest BCUT2D eigenvalue weighted by atomic mass is 9.92. The minimum Gasteiger partial charge on any atom is -0.444 e. The molecule has 0 spiro atoms. The molecule has 0 saturated carbocycles. The molecule has 126 valence electrons. The Morgan fingerprint density at radius 3 is 2.58 bits per heavy atom. The zero-order chi connectivity index (χ0) is 16.8. The lowest BCUT2D eigenvalue weighted by molar-refractivity contribution is 0.155. The number of ether oxygens (including phenoxy) is 1. The van der Waals surface area contributed by atoms with Crippen LogP contribution in [-0.2, 0) is 11.3 Å². The molecule has 1 aliphatic heterocycles. The van der Waals surface area contributed by atoms with E-state index in [0.29, 0.717) is 10.9 Å². The molecule has 2 N–H and O–H groups in total. The maximum Gasteiger partial charge on any atom is 0.411 e.